The van der Waals surface area contributed by atoms with Gasteiger partial charge in [0.25, 0.3) is 0 Å². The lowest BCUT2D eigenvalue weighted by Crippen LogP contribution is -2.39. The maximum absolute atomic E-state index is 12.2. The summed E-state index contributed by atoms with van der Waals surface area (Å²) in [6.45, 7) is 9.60. The Balaban J connectivity index is 0.000000704. The Hall–Kier alpha value is -2.45. The van der Waals surface area contributed by atoms with Crippen molar-refractivity contribution in [2.45, 2.75) is 91.6 Å². The number of nitrogens with two attached hydrogens (primary N) is 1. The first-order valence-electron chi connectivity index (χ1n) is 16.0. The Morgan fingerprint density at radius 3 is 2.20 bits per heavy atom. The molecule has 0 spiro atoms. The number of terminal acetylenes is 1. The van der Waals surface area contributed by atoms with Crippen molar-refractivity contribution in [2.75, 3.05) is 39.5 Å². The molecule has 5 N–H and O–H groups in total. The largest absolute Gasteiger partial charge is 0.391 e. The Morgan fingerprint density at radius 2 is 1.73 bits per heavy atom. The average Bonchev–Trinajstić information content (AvgIpc) is 2.98. The monoisotopic (exact) mass is 636 g/mol. The normalized spacial score (nSPS) is 15.5. The van der Waals surface area contributed by atoms with Gasteiger partial charge in [-0.1, -0.05) is 90.1 Å². The van der Waals surface area contributed by atoms with Crippen LogP contribution < -0.4 is 16.4 Å². The third-order valence-corrected chi connectivity index (χ3v) is 9.60. The molecule has 0 saturated heterocycles. The van der Waals surface area contributed by atoms with E-state index in [9.17, 15) is 23.1 Å². The minimum atomic E-state index is -3.50. The van der Waals surface area contributed by atoms with Gasteiger partial charge in [0.15, 0.2) is 0 Å². The van der Waals surface area contributed by atoms with Gasteiger partial charge in [-0.2, -0.15) is 0 Å². The molecule has 1 aromatic carbocycles. The van der Waals surface area contributed by atoms with Crippen LogP contribution in [0.1, 0.15) is 84.6 Å². The third kappa shape index (κ3) is 20.5. The number of likely N-dealkylation sites (N-methyl/N-ethyl adjacent to an activating group) is 2. The van der Waals surface area contributed by atoms with Gasteiger partial charge in [-0.25, -0.2) is 12.7 Å². The van der Waals surface area contributed by atoms with Crippen molar-refractivity contribution in [3.8, 4) is 12.3 Å². The Labute approximate surface area is 268 Å². The number of rotatable bonds is 16. The summed E-state index contributed by atoms with van der Waals surface area (Å²) in [6.07, 6.45) is 14.6. The molecular weight excluding hydrogens is 576 g/mol. The van der Waals surface area contributed by atoms with E-state index in [4.69, 9.17) is 12.2 Å². The summed E-state index contributed by atoms with van der Waals surface area (Å²) in [5.41, 5.74) is 6.26. The van der Waals surface area contributed by atoms with E-state index < -0.39 is 28.0 Å². The summed E-state index contributed by atoms with van der Waals surface area (Å²) in [5.74, 6) is 2.22. The number of hydrogen-bond acceptors (Lipinski definition) is 6. The molecule has 9 nitrogen and oxygen atoms in total. The third-order valence-electron chi connectivity index (χ3n) is 7.65. The van der Waals surface area contributed by atoms with E-state index in [0.29, 0.717) is 38.4 Å². The van der Waals surface area contributed by atoms with Gasteiger partial charge in [-0.15, -0.1) is 12.3 Å². The van der Waals surface area contributed by atoms with Gasteiger partial charge in [0.05, 0.1) is 17.8 Å². The molecular formula is C34H60N4O5S. The van der Waals surface area contributed by atoms with E-state index in [0.717, 1.165) is 24.3 Å². The molecule has 1 fully saturated rings. The highest BCUT2D eigenvalue weighted by Crippen LogP contribution is 2.22. The van der Waals surface area contributed by atoms with E-state index in [2.05, 4.69) is 37.3 Å². The van der Waals surface area contributed by atoms with Crippen molar-refractivity contribution in [1.82, 2.24) is 14.9 Å². The van der Waals surface area contributed by atoms with Crippen LogP contribution in [0.3, 0.4) is 0 Å². The molecule has 0 aliphatic heterocycles. The van der Waals surface area contributed by atoms with Crippen molar-refractivity contribution >= 4 is 21.8 Å². The lowest BCUT2D eigenvalue weighted by molar-refractivity contribution is -0.125. The minimum absolute atomic E-state index is 0.0819. The van der Waals surface area contributed by atoms with Gasteiger partial charge in [-0.3, -0.25) is 9.59 Å². The number of hydrogen-bond donors (Lipinski definition) is 4. The summed E-state index contributed by atoms with van der Waals surface area (Å²) >= 11 is 0. The first kappa shape index (κ1) is 41.5. The van der Waals surface area contributed by atoms with Crippen LogP contribution in [-0.2, 0) is 26.0 Å². The maximum Gasteiger partial charge on any atom is 0.223 e. The van der Waals surface area contributed by atoms with Crippen molar-refractivity contribution < 1.29 is 23.1 Å². The number of carbonyl (C=O) groups is 2. The van der Waals surface area contributed by atoms with Crippen LogP contribution in [0.2, 0.25) is 0 Å². The van der Waals surface area contributed by atoms with Crippen LogP contribution in [0.15, 0.2) is 30.3 Å². The van der Waals surface area contributed by atoms with Gasteiger partial charge in [0.1, 0.15) is 0 Å². The van der Waals surface area contributed by atoms with Crippen molar-refractivity contribution in [2.24, 2.45) is 29.4 Å². The molecule has 10 heteroatoms. The van der Waals surface area contributed by atoms with Crippen LogP contribution in [0.25, 0.3) is 0 Å². The lowest BCUT2D eigenvalue weighted by atomic mass is 9.91. The second kappa shape index (κ2) is 23.9. The van der Waals surface area contributed by atoms with Crippen molar-refractivity contribution in [3.05, 3.63) is 35.9 Å². The number of sulfonamides is 1. The lowest BCUT2D eigenvalue weighted by Gasteiger charge is -2.20. The SMILES string of the molecule is C#CC[C@H](C)C(=O)NC[C@@H](O)CCC(C)C.CC1CCCCC1.CNCCN(C)S(=O)(=O)C[C@@H](Cc1ccccc1)C(N)=O. The highest BCUT2D eigenvalue weighted by atomic mass is 32.2. The first-order valence-corrected chi connectivity index (χ1v) is 17.6. The fraction of sp³-hybridized carbons (Fsp3) is 0.706. The molecule has 1 saturated carbocycles. The van der Waals surface area contributed by atoms with E-state index >= 15 is 0 Å². The summed E-state index contributed by atoms with van der Waals surface area (Å²) in [5, 5.41) is 15.2. The number of nitrogens with one attached hydrogen (secondary N) is 2. The number of aliphatic hydroxyl groups excluding tert-OH is 1. The molecule has 252 valence electrons. The number of aliphatic hydroxyl groups is 1. The van der Waals surface area contributed by atoms with Crippen molar-refractivity contribution in [3.63, 3.8) is 0 Å². The molecule has 0 unspecified atom stereocenters. The fourth-order valence-electron chi connectivity index (χ4n) is 4.53. The molecule has 44 heavy (non-hydrogen) atoms. The molecule has 0 heterocycles. The van der Waals surface area contributed by atoms with Gasteiger partial charge in [0.2, 0.25) is 21.8 Å². The number of nitrogens with zero attached hydrogens (tertiary/aromatic N) is 1. The quantitative estimate of drug-likeness (QED) is 0.203. The standard InChI is InChI=1S/C14H23N3O3S.C13H23NO2.C7H14/c1-16-8-9-17(2)21(19,20)11-13(14(15)18)10-12-6-4-3-5-7-12;1-5-6-11(4)13(16)14-9-12(15)8-7-10(2)3;1-7-5-3-2-4-6-7/h3-7,13,16H,8-11H2,1-2H3,(H2,15,18);1,10-12,15H,6-9H2,2-4H3,(H,14,16);7H,2-6H2,1H3/t13-;11-,12-;/m10./s1. The average molecular weight is 637 g/mol. The first-order chi connectivity index (χ1) is 20.7. The summed E-state index contributed by atoms with van der Waals surface area (Å²) < 4.78 is 25.7. The summed E-state index contributed by atoms with van der Waals surface area (Å²) in [4.78, 5) is 23.0. The second-order valence-electron chi connectivity index (χ2n) is 12.4. The number of benzene rings is 1. The van der Waals surface area contributed by atoms with Gasteiger partial charge < -0.3 is 21.5 Å². The molecule has 0 aromatic heterocycles. The van der Waals surface area contributed by atoms with Gasteiger partial charge >= 0.3 is 0 Å². The zero-order valence-corrected chi connectivity index (χ0v) is 28.9. The van der Waals surface area contributed by atoms with E-state index in [1.807, 2.05) is 30.3 Å². The van der Waals surface area contributed by atoms with Gasteiger partial charge in [0, 0.05) is 39.0 Å². The zero-order valence-electron chi connectivity index (χ0n) is 28.1. The molecule has 1 aliphatic rings. The summed E-state index contributed by atoms with van der Waals surface area (Å²) in [6, 6.07) is 9.27. The topological polar surface area (TPSA) is 142 Å². The Morgan fingerprint density at radius 1 is 1.11 bits per heavy atom. The van der Waals surface area contributed by atoms with E-state index in [-0.39, 0.29) is 17.6 Å². The number of carbonyl (C=O) groups excluding carboxylic acids is 2. The summed E-state index contributed by atoms with van der Waals surface area (Å²) in [7, 11) is -0.245. The Kier molecular flexibility index (Phi) is 22.5. The van der Waals surface area contributed by atoms with Crippen LogP contribution in [0.5, 0.6) is 0 Å². The predicted octanol–water partition coefficient (Wildman–Crippen LogP) is 3.96. The Bertz CT molecular complexity index is 1050. The molecule has 0 bridgehead atoms. The van der Waals surface area contributed by atoms with Crippen molar-refractivity contribution in [1.29, 1.82) is 0 Å². The molecule has 0 radical (unpaired) electrons. The smallest absolute Gasteiger partial charge is 0.223 e. The van der Waals surface area contributed by atoms with E-state index in [1.165, 1.54) is 43.5 Å². The minimum Gasteiger partial charge on any atom is -0.391 e. The molecule has 1 aromatic rings. The molecule has 1 aliphatic carbocycles. The van der Waals surface area contributed by atoms with Crippen LogP contribution in [0.4, 0.5) is 0 Å². The second-order valence-corrected chi connectivity index (χ2v) is 14.5. The molecule has 2 amide bonds. The molecule has 2 rings (SSSR count). The van der Waals surface area contributed by atoms with Crippen LogP contribution in [0, 0.1) is 36.0 Å². The molecule has 3 atom stereocenters. The van der Waals surface area contributed by atoms with Gasteiger partial charge in [-0.05, 0) is 43.7 Å². The highest BCUT2D eigenvalue weighted by Gasteiger charge is 2.27. The number of primary amides is 1. The predicted molar refractivity (Wildman–Crippen MR) is 181 cm³/mol. The van der Waals surface area contributed by atoms with Crippen LogP contribution in [-0.4, -0.2) is 75.2 Å². The zero-order chi connectivity index (χ0) is 33.5. The highest BCUT2D eigenvalue weighted by molar-refractivity contribution is 7.89. The van der Waals surface area contributed by atoms with Crippen LogP contribution >= 0.6 is 0 Å². The maximum atomic E-state index is 12.2. The fourth-order valence-corrected chi connectivity index (χ4v) is 5.94. The number of amides is 2. The van der Waals surface area contributed by atoms with E-state index in [1.54, 1.807) is 14.0 Å².